The highest BCUT2D eigenvalue weighted by Gasteiger charge is 2.19. The van der Waals surface area contributed by atoms with Crippen molar-refractivity contribution in [3.8, 4) is 5.75 Å². The molecule has 0 saturated carbocycles. The number of aryl methyl sites for hydroxylation is 1. The Kier molecular flexibility index (Phi) is 3.78. The van der Waals surface area contributed by atoms with Crippen LogP contribution >= 0.6 is 11.3 Å². The van der Waals surface area contributed by atoms with Gasteiger partial charge in [0.25, 0.3) is 0 Å². The van der Waals surface area contributed by atoms with Crippen molar-refractivity contribution in [3.63, 3.8) is 0 Å². The van der Waals surface area contributed by atoms with Crippen LogP contribution in [-0.4, -0.2) is 37.2 Å². The SMILES string of the molecule is Cc1c(C(=O)O)sc2ncnc(Nc3ccc(O)c(C(=O)O)c3)c12. The largest absolute Gasteiger partial charge is 0.507 e. The summed E-state index contributed by atoms with van der Waals surface area (Å²) in [5.41, 5.74) is 0.675. The number of hydrogen-bond donors (Lipinski definition) is 4. The number of thiophene rings is 1. The molecule has 3 rings (SSSR count). The molecule has 3 aromatic rings. The fourth-order valence-electron chi connectivity index (χ4n) is 2.29. The summed E-state index contributed by atoms with van der Waals surface area (Å²) >= 11 is 1.04. The number of nitrogens with zero attached hydrogens (tertiary/aromatic N) is 2. The number of phenols is 1. The maximum absolute atomic E-state index is 11.3. The highest BCUT2D eigenvalue weighted by molar-refractivity contribution is 7.20. The Bertz CT molecular complexity index is 983. The molecule has 8 nitrogen and oxygen atoms in total. The molecule has 0 radical (unpaired) electrons. The van der Waals surface area contributed by atoms with Gasteiger partial charge in [-0.3, -0.25) is 0 Å². The molecular formula is C15H11N3O5S. The maximum atomic E-state index is 11.3. The predicted octanol–water partition coefficient (Wildman–Crippen LogP) is 2.85. The second kappa shape index (κ2) is 5.78. The van der Waals surface area contributed by atoms with E-state index in [2.05, 4.69) is 15.3 Å². The van der Waals surface area contributed by atoms with Crippen LogP contribution in [0.1, 0.15) is 25.6 Å². The van der Waals surface area contributed by atoms with E-state index in [1.54, 1.807) is 6.92 Å². The van der Waals surface area contributed by atoms with Gasteiger partial charge in [-0.25, -0.2) is 19.6 Å². The molecular weight excluding hydrogens is 334 g/mol. The molecule has 0 bridgehead atoms. The van der Waals surface area contributed by atoms with Crippen LogP contribution in [0.4, 0.5) is 11.5 Å². The number of nitrogens with one attached hydrogen (secondary N) is 1. The number of anilines is 2. The van der Waals surface area contributed by atoms with E-state index < -0.39 is 11.9 Å². The van der Waals surface area contributed by atoms with Gasteiger partial charge in [0.1, 0.15) is 33.2 Å². The smallest absolute Gasteiger partial charge is 0.346 e. The average molecular weight is 345 g/mol. The Labute approximate surface area is 139 Å². The zero-order chi connectivity index (χ0) is 17.4. The summed E-state index contributed by atoms with van der Waals surface area (Å²) in [6.45, 7) is 1.66. The first kappa shape index (κ1) is 15.7. The van der Waals surface area contributed by atoms with E-state index in [-0.39, 0.29) is 16.2 Å². The second-order valence-electron chi connectivity index (χ2n) is 4.93. The van der Waals surface area contributed by atoms with E-state index in [1.807, 2.05) is 0 Å². The zero-order valence-corrected chi connectivity index (χ0v) is 13.1. The summed E-state index contributed by atoms with van der Waals surface area (Å²) in [5.74, 6) is -2.29. The summed E-state index contributed by atoms with van der Waals surface area (Å²) < 4.78 is 0. The molecule has 0 aliphatic carbocycles. The van der Waals surface area contributed by atoms with Crippen LogP contribution in [0.3, 0.4) is 0 Å². The number of benzene rings is 1. The molecule has 0 aliphatic heterocycles. The van der Waals surface area contributed by atoms with Crippen molar-refractivity contribution in [1.82, 2.24) is 9.97 Å². The molecule has 4 N–H and O–H groups in total. The minimum Gasteiger partial charge on any atom is -0.507 e. The van der Waals surface area contributed by atoms with Gasteiger partial charge in [0.15, 0.2) is 0 Å². The molecule has 0 unspecified atom stereocenters. The minimum atomic E-state index is -1.26. The Morgan fingerprint density at radius 2 is 1.92 bits per heavy atom. The van der Waals surface area contributed by atoms with Crippen molar-refractivity contribution in [3.05, 3.63) is 40.5 Å². The van der Waals surface area contributed by atoms with Crippen molar-refractivity contribution in [2.45, 2.75) is 6.92 Å². The van der Waals surface area contributed by atoms with Crippen molar-refractivity contribution in [2.24, 2.45) is 0 Å². The number of aromatic nitrogens is 2. The van der Waals surface area contributed by atoms with E-state index in [0.717, 1.165) is 11.3 Å². The number of rotatable bonds is 4. The summed E-state index contributed by atoms with van der Waals surface area (Å²) in [7, 11) is 0. The number of carboxylic acid groups (broad SMARTS) is 2. The monoisotopic (exact) mass is 345 g/mol. The molecule has 2 heterocycles. The number of fused-ring (bicyclic) bond motifs is 1. The highest BCUT2D eigenvalue weighted by Crippen LogP contribution is 2.34. The van der Waals surface area contributed by atoms with E-state index in [1.165, 1.54) is 24.5 Å². The van der Waals surface area contributed by atoms with Crippen LogP contribution in [0.2, 0.25) is 0 Å². The number of carbonyl (C=O) groups is 2. The standard InChI is InChI=1S/C15H11N3O5S/c1-6-10-12(16-5-17-13(10)24-11(6)15(22)23)18-7-2-3-9(19)8(4-7)14(20)21/h2-5,19H,1H3,(H,20,21)(H,22,23)(H,16,17,18). The Balaban J connectivity index is 2.09. The quantitative estimate of drug-likeness (QED) is 0.531. The highest BCUT2D eigenvalue weighted by atomic mass is 32.1. The van der Waals surface area contributed by atoms with Crippen LogP contribution < -0.4 is 5.32 Å². The lowest BCUT2D eigenvalue weighted by Gasteiger charge is -2.09. The van der Waals surface area contributed by atoms with E-state index >= 15 is 0 Å². The van der Waals surface area contributed by atoms with Crippen LogP contribution in [0, 0.1) is 6.92 Å². The number of hydrogen-bond acceptors (Lipinski definition) is 7. The Morgan fingerprint density at radius 1 is 1.17 bits per heavy atom. The minimum absolute atomic E-state index is 0.172. The van der Waals surface area contributed by atoms with Crippen molar-refractivity contribution in [1.29, 1.82) is 0 Å². The number of aromatic carboxylic acids is 2. The summed E-state index contributed by atoms with van der Waals surface area (Å²) in [6.07, 6.45) is 1.30. The molecule has 1 aromatic carbocycles. The van der Waals surface area contributed by atoms with E-state index in [4.69, 9.17) is 5.11 Å². The third-order valence-electron chi connectivity index (χ3n) is 3.41. The summed E-state index contributed by atoms with van der Waals surface area (Å²) in [6, 6.07) is 4.02. The predicted molar refractivity (Wildman–Crippen MR) is 87.5 cm³/mol. The lowest BCUT2D eigenvalue weighted by atomic mass is 10.1. The molecule has 0 aliphatic rings. The number of carboxylic acids is 2. The molecule has 0 fully saturated rings. The van der Waals surface area contributed by atoms with Gasteiger partial charge in [0, 0.05) is 5.69 Å². The average Bonchev–Trinajstić information content (AvgIpc) is 2.87. The first-order chi connectivity index (χ1) is 11.4. The van der Waals surface area contributed by atoms with Crippen LogP contribution in [-0.2, 0) is 0 Å². The van der Waals surface area contributed by atoms with Gasteiger partial charge >= 0.3 is 11.9 Å². The van der Waals surface area contributed by atoms with Gasteiger partial charge < -0.3 is 20.6 Å². The van der Waals surface area contributed by atoms with Gasteiger partial charge in [-0.2, -0.15) is 0 Å². The fraction of sp³-hybridized carbons (Fsp3) is 0.0667. The molecule has 0 atom stereocenters. The van der Waals surface area contributed by atoms with E-state index in [9.17, 15) is 19.8 Å². The van der Waals surface area contributed by atoms with Crippen LogP contribution in [0.15, 0.2) is 24.5 Å². The third kappa shape index (κ3) is 2.61. The van der Waals surface area contributed by atoms with Gasteiger partial charge in [0.05, 0.1) is 5.39 Å². The lowest BCUT2D eigenvalue weighted by molar-refractivity contribution is 0.0686. The normalized spacial score (nSPS) is 10.7. The lowest BCUT2D eigenvalue weighted by Crippen LogP contribution is -2.00. The van der Waals surface area contributed by atoms with Gasteiger partial charge in [-0.05, 0) is 30.7 Å². The molecule has 0 spiro atoms. The zero-order valence-electron chi connectivity index (χ0n) is 12.3. The Hall–Kier alpha value is -3.20. The molecule has 0 amide bonds. The summed E-state index contributed by atoms with van der Waals surface area (Å²) in [5, 5.41) is 31.3. The van der Waals surface area contributed by atoms with Crippen LogP contribution in [0.25, 0.3) is 10.2 Å². The molecule has 24 heavy (non-hydrogen) atoms. The molecule has 0 saturated heterocycles. The van der Waals surface area contributed by atoms with Gasteiger partial charge in [0.2, 0.25) is 0 Å². The van der Waals surface area contributed by atoms with Crippen molar-refractivity contribution >= 4 is 45.0 Å². The summed E-state index contributed by atoms with van der Waals surface area (Å²) in [4.78, 5) is 31.2. The van der Waals surface area contributed by atoms with Gasteiger partial charge in [-0.15, -0.1) is 11.3 Å². The second-order valence-corrected chi connectivity index (χ2v) is 5.92. The molecule has 9 heteroatoms. The van der Waals surface area contributed by atoms with Gasteiger partial charge in [-0.1, -0.05) is 0 Å². The fourth-order valence-corrected chi connectivity index (χ4v) is 3.28. The first-order valence-electron chi connectivity index (χ1n) is 6.69. The van der Waals surface area contributed by atoms with E-state index in [0.29, 0.717) is 27.3 Å². The topological polar surface area (TPSA) is 133 Å². The van der Waals surface area contributed by atoms with Crippen molar-refractivity contribution < 1.29 is 24.9 Å². The van der Waals surface area contributed by atoms with Crippen molar-refractivity contribution in [2.75, 3.05) is 5.32 Å². The molecule has 122 valence electrons. The Morgan fingerprint density at radius 3 is 2.58 bits per heavy atom. The maximum Gasteiger partial charge on any atom is 0.346 e. The first-order valence-corrected chi connectivity index (χ1v) is 7.51. The van der Waals surface area contributed by atoms with Crippen LogP contribution in [0.5, 0.6) is 5.75 Å². The third-order valence-corrected chi connectivity index (χ3v) is 4.60. The number of aromatic hydroxyl groups is 1. The molecule has 2 aromatic heterocycles.